The maximum Gasteiger partial charge on any atom is 0.407 e. The van der Waals surface area contributed by atoms with Crippen LogP contribution < -0.4 is 21.9 Å². The summed E-state index contributed by atoms with van der Waals surface area (Å²) in [6.07, 6.45) is -0.561. The number of nitrogens with zero attached hydrogens (tertiary/aromatic N) is 3. The number of aliphatic hydroxyl groups excluding tert-OH is 1. The topological polar surface area (TPSA) is 160 Å². The molecule has 2 aromatic heterocycles. The van der Waals surface area contributed by atoms with E-state index in [1.165, 1.54) is 18.7 Å². The SMILES string of the molecule is Cn1c(=O)c2[nH]c(CCCC(=O)NC[C@H](O)CNC(=O)OC(C)(C)C)nc2n(C)c1=O. The molecule has 31 heavy (non-hydrogen) atoms. The Hall–Kier alpha value is -3.15. The van der Waals surface area contributed by atoms with E-state index in [2.05, 4.69) is 20.6 Å². The molecule has 0 aliphatic rings. The number of ether oxygens (including phenoxy) is 1. The van der Waals surface area contributed by atoms with Crippen molar-refractivity contribution < 1.29 is 19.4 Å². The Kier molecular flexibility index (Phi) is 7.60. The van der Waals surface area contributed by atoms with Gasteiger partial charge in [-0.1, -0.05) is 0 Å². The van der Waals surface area contributed by atoms with Crippen molar-refractivity contribution >= 4 is 23.2 Å². The molecule has 172 valence electrons. The number of hydrogen-bond donors (Lipinski definition) is 4. The van der Waals surface area contributed by atoms with E-state index < -0.39 is 29.0 Å². The largest absolute Gasteiger partial charge is 0.444 e. The summed E-state index contributed by atoms with van der Waals surface area (Å²) in [5, 5.41) is 14.9. The maximum atomic E-state index is 12.2. The summed E-state index contributed by atoms with van der Waals surface area (Å²) in [5.41, 5.74) is -1.04. The van der Waals surface area contributed by atoms with E-state index in [0.717, 1.165) is 4.57 Å². The zero-order chi connectivity index (χ0) is 23.3. The number of carbonyl (C=O) groups excluding carboxylic acids is 2. The van der Waals surface area contributed by atoms with Gasteiger partial charge < -0.3 is 25.5 Å². The Morgan fingerprint density at radius 1 is 1.16 bits per heavy atom. The van der Waals surface area contributed by atoms with Gasteiger partial charge in [0.05, 0.1) is 6.10 Å². The Balaban J connectivity index is 1.77. The number of H-pyrrole nitrogens is 1. The molecule has 2 heterocycles. The third-order valence-corrected chi connectivity index (χ3v) is 4.38. The smallest absolute Gasteiger partial charge is 0.407 e. The van der Waals surface area contributed by atoms with Crippen molar-refractivity contribution in [2.75, 3.05) is 13.1 Å². The summed E-state index contributed by atoms with van der Waals surface area (Å²) < 4.78 is 7.35. The molecule has 0 saturated carbocycles. The molecule has 0 saturated heterocycles. The number of imidazole rings is 1. The van der Waals surface area contributed by atoms with Gasteiger partial charge in [0.1, 0.15) is 16.9 Å². The molecule has 0 aromatic carbocycles. The van der Waals surface area contributed by atoms with E-state index >= 15 is 0 Å². The zero-order valence-electron chi connectivity index (χ0n) is 18.4. The highest BCUT2D eigenvalue weighted by molar-refractivity contribution is 5.76. The molecule has 2 rings (SSSR count). The third kappa shape index (κ3) is 6.67. The van der Waals surface area contributed by atoms with Crippen LogP contribution in [0.2, 0.25) is 0 Å². The zero-order valence-corrected chi connectivity index (χ0v) is 18.4. The highest BCUT2D eigenvalue weighted by Crippen LogP contribution is 2.08. The number of nitrogens with one attached hydrogen (secondary N) is 3. The van der Waals surface area contributed by atoms with Crippen molar-refractivity contribution in [2.24, 2.45) is 14.1 Å². The third-order valence-electron chi connectivity index (χ3n) is 4.38. The van der Waals surface area contributed by atoms with Crippen molar-refractivity contribution in [2.45, 2.75) is 51.7 Å². The van der Waals surface area contributed by atoms with Crippen molar-refractivity contribution in [3.63, 3.8) is 0 Å². The van der Waals surface area contributed by atoms with Crippen LogP contribution in [-0.2, 0) is 30.0 Å². The molecular formula is C19H30N6O6. The highest BCUT2D eigenvalue weighted by Gasteiger charge is 2.17. The lowest BCUT2D eigenvalue weighted by Crippen LogP contribution is -2.41. The standard InChI is InChI=1S/C19H30N6O6/c1-19(2,3)31-17(29)21-10-11(26)9-20-13(27)8-6-7-12-22-14-15(23-12)24(4)18(30)25(5)16(14)28/h11,26H,6-10H2,1-5H3,(H,20,27)(H,21,29)(H,22,23)/t11-/m0/s1. The molecule has 0 unspecified atom stereocenters. The van der Waals surface area contributed by atoms with Crippen LogP contribution in [-0.4, -0.2) is 61.0 Å². The van der Waals surface area contributed by atoms with Crippen molar-refractivity contribution in [3.05, 3.63) is 26.7 Å². The number of aryl methyl sites for hydroxylation is 2. The molecule has 12 heteroatoms. The average molecular weight is 438 g/mol. The summed E-state index contributed by atoms with van der Waals surface area (Å²) in [7, 11) is 2.93. The second kappa shape index (κ2) is 9.77. The van der Waals surface area contributed by atoms with E-state index in [1.807, 2.05) is 0 Å². The molecule has 0 bridgehead atoms. The first-order valence-corrected chi connectivity index (χ1v) is 9.95. The first kappa shape index (κ1) is 24.1. The van der Waals surface area contributed by atoms with Crippen LogP contribution in [0.25, 0.3) is 11.2 Å². The van der Waals surface area contributed by atoms with Gasteiger partial charge in [-0.25, -0.2) is 14.6 Å². The van der Waals surface area contributed by atoms with Crippen molar-refractivity contribution in [3.8, 4) is 0 Å². The second-order valence-electron chi connectivity index (χ2n) is 8.28. The lowest BCUT2D eigenvalue weighted by atomic mass is 10.2. The second-order valence-corrected chi connectivity index (χ2v) is 8.28. The fourth-order valence-electron chi connectivity index (χ4n) is 2.82. The van der Waals surface area contributed by atoms with E-state index in [0.29, 0.717) is 18.7 Å². The first-order valence-electron chi connectivity index (χ1n) is 9.95. The van der Waals surface area contributed by atoms with Gasteiger partial charge in [0.25, 0.3) is 5.56 Å². The van der Waals surface area contributed by atoms with Crippen molar-refractivity contribution in [1.82, 2.24) is 29.7 Å². The molecule has 0 radical (unpaired) electrons. The summed E-state index contributed by atoms with van der Waals surface area (Å²) in [5.74, 6) is 0.235. The van der Waals surface area contributed by atoms with Crippen LogP contribution in [0.1, 0.15) is 39.4 Å². The minimum atomic E-state index is -0.954. The summed E-state index contributed by atoms with van der Waals surface area (Å²) in [4.78, 5) is 54.8. The quantitative estimate of drug-likeness (QED) is 0.423. The van der Waals surface area contributed by atoms with Crippen molar-refractivity contribution in [1.29, 1.82) is 0 Å². The average Bonchev–Trinajstić information content (AvgIpc) is 3.10. The maximum absolute atomic E-state index is 12.2. The van der Waals surface area contributed by atoms with Crippen LogP contribution >= 0.6 is 0 Å². The van der Waals surface area contributed by atoms with E-state index in [1.54, 1.807) is 20.8 Å². The normalized spacial score (nSPS) is 12.6. The number of aliphatic hydroxyl groups is 1. The number of aromatic amines is 1. The van der Waals surface area contributed by atoms with Gasteiger partial charge in [0, 0.05) is 40.0 Å². The molecule has 2 aromatic rings. The molecular weight excluding hydrogens is 408 g/mol. The molecule has 2 amide bonds. The number of amides is 2. The van der Waals surface area contributed by atoms with Crippen LogP contribution in [0.3, 0.4) is 0 Å². The van der Waals surface area contributed by atoms with Gasteiger partial charge >= 0.3 is 11.8 Å². The molecule has 0 aliphatic carbocycles. The molecule has 0 fully saturated rings. The van der Waals surface area contributed by atoms with E-state index in [9.17, 15) is 24.3 Å². The molecule has 12 nitrogen and oxygen atoms in total. The fourth-order valence-corrected chi connectivity index (χ4v) is 2.82. The fraction of sp³-hybridized carbons (Fsp3) is 0.632. The van der Waals surface area contributed by atoms with Crippen LogP contribution in [0, 0.1) is 0 Å². The minimum absolute atomic E-state index is 0.0164. The van der Waals surface area contributed by atoms with Gasteiger partial charge in [-0.2, -0.15) is 0 Å². The number of carbonyl (C=O) groups is 2. The minimum Gasteiger partial charge on any atom is -0.444 e. The highest BCUT2D eigenvalue weighted by atomic mass is 16.6. The van der Waals surface area contributed by atoms with Crippen LogP contribution in [0.5, 0.6) is 0 Å². The van der Waals surface area contributed by atoms with Gasteiger partial charge in [-0.05, 0) is 27.2 Å². The molecule has 0 aliphatic heterocycles. The lowest BCUT2D eigenvalue weighted by Gasteiger charge is -2.20. The Bertz CT molecular complexity index is 1060. The Morgan fingerprint density at radius 2 is 1.81 bits per heavy atom. The number of alkyl carbamates (subject to hydrolysis) is 1. The van der Waals surface area contributed by atoms with Crippen LogP contribution in [0.4, 0.5) is 4.79 Å². The number of fused-ring (bicyclic) bond motifs is 1. The number of hydrogen-bond acceptors (Lipinski definition) is 7. The van der Waals surface area contributed by atoms with Gasteiger partial charge in [0.15, 0.2) is 5.65 Å². The Morgan fingerprint density at radius 3 is 2.45 bits per heavy atom. The van der Waals surface area contributed by atoms with E-state index in [4.69, 9.17) is 4.74 Å². The van der Waals surface area contributed by atoms with Crippen LogP contribution in [0.15, 0.2) is 9.59 Å². The van der Waals surface area contributed by atoms with Gasteiger partial charge in [0.2, 0.25) is 5.91 Å². The summed E-state index contributed by atoms with van der Waals surface area (Å²) in [6.45, 7) is 5.12. The summed E-state index contributed by atoms with van der Waals surface area (Å²) >= 11 is 0. The Labute approximate surface area is 178 Å². The summed E-state index contributed by atoms with van der Waals surface area (Å²) in [6, 6.07) is 0. The number of aromatic nitrogens is 4. The predicted molar refractivity (Wildman–Crippen MR) is 113 cm³/mol. The first-order chi connectivity index (χ1) is 14.4. The molecule has 4 N–H and O–H groups in total. The predicted octanol–water partition coefficient (Wildman–Crippen LogP) is -0.715. The molecule has 1 atom stereocenters. The van der Waals surface area contributed by atoms with E-state index in [-0.39, 0.29) is 36.6 Å². The number of rotatable bonds is 8. The monoisotopic (exact) mass is 438 g/mol. The van der Waals surface area contributed by atoms with Gasteiger partial charge in [-0.15, -0.1) is 0 Å². The van der Waals surface area contributed by atoms with Gasteiger partial charge in [-0.3, -0.25) is 18.7 Å². The lowest BCUT2D eigenvalue weighted by molar-refractivity contribution is -0.121. The molecule has 0 spiro atoms.